The molecule has 0 N–H and O–H groups in total. The number of hydrogen-bond acceptors (Lipinski definition) is 2. The van der Waals surface area contributed by atoms with E-state index in [0.29, 0.717) is 6.61 Å². The molecule has 1 aromatic carbocycles. The molecule has 0 saturated carbocycles. The molecule has 1 aliphatic rings. The summed E-state index contributed by atoms with van der Waals surface area (Å²) in [6.07, 6.45) is 2.01. The Kier molecular flexibility index (Phi) is 2.57. The molecule has 0 radical (unpaired) electrons. The van der Waals surface area contributed by atoms with Crippen LogP contribution in [-0.4, -0.2) is 14.9 Å². The highest BCUT2D eigenvalue weighted by atomic mass is 28.4. The maximum atomic E-state index is 6.03. The van der Waals surface area contributed by atoms with E-state index < -0.39 is 8.32 Å². The molecule has 80 valence electrons. The molecule has 0 saturated heterocycles. The van der Waals surface area contributed by atoms with Crippen LogP contribution in [0.1, 0.15) is 5.56 Å². The summed E-state index contributed by atoms with van der Waals surface area (Å²) in [5, 5.41) is 0. The maximum absolute atomic E-state index is 6.03. The van der Waals surface area contributed by atoms with Gasteiger partial charge in [-0.2, -0.15) is 0 Å². The summed E-state index contributed by atoms with van der Waals surface area (Å²) in [5.74, 6) is 1.91. The summed E-state index contributed by atoms with van der Waals surface area (Å²) >= 11 is 0. The van der Waals surface area contributed by atoms with E-state index in [-0.39, 0.29) is 0 Å². The minimum absolute atomic E-state index is 0.608. The van der Waals surface area contributed by atoms with Gasteiger partial charge in [0, 0.05) is 0 Å². The number of rotatable bonds is 2. The molecule has 2 nitrogen and oxygen atoms in total. The van der Waals surface area contributed by atoms with Crippen LogP contribution in [0.3, 0.4) is 0 Å². The lowest BCUT2D eigenvalue weighted by atomic mass is 10.1. The van der Waals surface area contributed by atoms with Gasteiger partial charge in [-0.15, -0.1) is 0 Å². The van der Waals surface area contributed by atoms with Gasteiger partial charge >= 0.3 is 0 Å². The molecule has 0 unspecified atom stereocenters. The first-order valence-electron chi connectivity index (χ1n) is 5.18. The van der Waals surface area contributed by atoms with E-state index in [1.165, 1.54) is 0 Å². The fourth-order valence-electron chi connectivity index (χ4n) is 1.54. The summed E-state index contributed by atoms with van der Waals surface area (Å²) in [5.41, 5.74) is 1.08. The first kappa shape index (κ1) is 10.3. The van der Waals surface area contributed by atoms with E-state index in [1.807, 2.05) is 30.3 Å². The van der Waals surface area contributed by atoms with Gasteiger partial charge in [0.05, 0.1) is 5.56 Å². The Hall–Kier alpha value is -1.22. The first-order valence-corrected chi connectivity index (χ1v) is 8.58. The van der Waals surface area contributed by atoms with Gasteiger partial charge in [0.25, 0.3) is 0 Å². The molecule has 0 aliphatic carbocycles. The first-order chi connectivity index (χ1) is 7.06. The van der Waals surface area contributed by atoms with E-state index in [4.69, 9.17) is 9.16 Å². The van der Waals surface area contributed by atoms with Crippen LogP contribution in [0.2, 0.25) is 19.6 Å². The third kappa shape index (κ3) is 2.42. The second-order valence-electron chi connectivity index (χ2n) is 4.59. The van der Waals surface area contributed by atoms with Gasteiger partial charge in [-0.1, -0.05) is 12.1 Å². The Morgan fingerprint density at radius 1 is 1.20 bits per heavy atom. The Balaban J connectivity index is 2.31. The van der Waals surface area contributed by atoms with Crippen molar-refractivity contribution >= 4 is 14.1 Å². The quantitative estimate of drug-likeness (QED) is 0.712. The lowest BCUT2D eigenvalue weighted by molar-refractivity contribution is 0.347. The third-order valence-electron chi connectivity index (χ3n) is 2.08. The van der Waals surface area contributed by atoms with Crippen LogP contribution in [0.4, 0.5) is 0 Å². The summed E-state index contributed by atoms with van der Waals surface area (Å²) in [4.78, 5) is 0. The minimum Gasteiger partial charge on any atom is -0.544 e. The number of hydrogen-bond donors (Lipinski definition) is 0. The fourth-order valence-corrected chi connectivity index (χ4v) is 2.39. The number of benzene rings is 1. The summed E-state index contributed by atoms with van der Waals surface area (Å²) < 4.78 is 11.6. The van der Waals surface area contributed by atoms with Crippen molar-refractivity contribution in [2.75, 3.05) is 6.61 Å². The van der Waals surface area contributed by atoms with E-state index in [1.54, 1.807) is 0 Å². The zero-order chi connectivity index (χ0) is 10.9. The molecule has 0 spiro atoms. The number of fused-ring (bicyclic) bond motifs is 1. The Labute approximate surface area is 91.7 Å². The van der Waals surface area contributed by atoms with Gasteiger partial charge in [-0.3, -0.25) is 0 Å². The zero-order valence-corrected chi connectivity index (χ0v) is 10.4. The lowest BCUT2D eigenvalue weighted by Gasteiger charge is -2.25. The molecule has 0 fully saturated rings. The van der Waals surface area contributed by atoms with Crippen LogP contribution in [0.15, 0.2) is 30.3 Å². The average Bonchev–Trinajstić information content (AvgIpc) is 2.16. The smallest absolute Gasteiger partial charge is 0.242 e. The van der Waals surface area contributed by atoms with E-state index in [2.05, 4.69) is 19.6 Å². The van der Waals surface area contributed by atoms with Gasteiger partial charge in [-0.05, 0) is 37.8 Å². The van der Waals surface area contributed by atoms with Crippen molar-refractivity contribution in [1.29, 1.82) is 0 Å². The summed E-state index contributed by atoms with van der Waals surface area (Å²) in [6, 6.07) is 8.02. The van der Waals surface area contributed by atoms with Crippen molar-refractivity contribution in [3.8, 4) is 5.75 Å². The molecule has 15 heavy (non-hydrogen) atoms. The van der Waals surface area contributed by atoms with Crippen LogP contribution in [0, 0.1) is 0 Å². The molecule has 0 bridgehead atoms. The van der Waals surface area contributed by atoms with Gasteiger partial charge in [-0.25, -0.2) is 0 Å². The van der Waals surface area contributed by atoms with E-state index >= 15 is 0 Å². The van der Waals surface area contributed by atoms with Crippen molar-refractivity contribution in [3.63, 3.8) is 0 Å². The zero-order valence-electron chi connectivity index (χ0n) is 9.41. The SMILES string of the molecule is C[Si](C)(C)OC1=CCOc2ccccc21. The van der Waals surface area contributed by atoms with E-state index in [0.717, 1.165) is 17.1 Å². The Morgan fingerprint density at radius 2 is 1.93 bits per heavy atom. The Bertz CT molecular complexity index is 391. The highest BCUT2D eigenvalue weighted by Gasteiger charge is 2.22. The molecular formula is C12H16O2Si. The molecule has 1 heterocycles. The van der Waals surface area contributed by atoms with E-state index in [9.17, 15) is 0 Å². The van der Waals surface area contributed by atoms with Crippen LogP contribution < -0.4 is 4.74 Å². The van der Waals surface area contributed by atoms with Crippen molar-refractivity contribution in [3.05, 3.63) is 35.9 Å². The van der Waals surface area contributed by atoms with Crippen LogP contribution in [-0.2, 0) is 4.43 Å². The predicted molar refractivity (Wildman–Crippen MR) is 64.3 cm³/mol. The van der Waals surface area contributed by atoms with Crippen molar-refractivity contribution in [2.45, 2.75) is 19.6 Å². The predicted octanol–water partition coefficient (Wildman–Crippen LogP) is 3.27. The highest BCUT2D eigenvalue weighted by molar-refractivity contribution is 6.70. The fraction of sp³-hybridized carbons (Fsp3) is 0.333. The second-order valence-corrected chi connectivity index (χ2v) is 9.02. The van der Waals surface area contributed by atoms with Crippen LogP contribution >= 0.6 is 0 Å². The monoisotopic (exact) mass is 220 g/mol. The summed E-state index contributed by atoms with van der Waals surface area (Å²) in [7, 11) is -1.54. The molecule has 1 aliphatic heterocycles. The van der Waals surface area contributed by atoms with Gasteiger partial charge < -0.3 is 9.16 Å². The molecule has 0 amide bonds. The molecule has 2 rings (SSSR count). The normalized spacial score (nSPS) is 15.0. The minimum atomic E-state index is -1.54. The second kappa shape index (κ2) is 3.74. The van der Waals surface area contributed by atoms with Crippen molar-refractivity contribution in [1.82, 2.24) is 0 Å². The largest absolute Gasteiger partial charge is 0.544 e. The molecule has 3 heteroatoms. The highest BCUT2D eigenvalue weighted by Crippen LogP contribution is 2.31. The third-order valence-corrected chi connectivity index (χ3v) is 2.91. The molecular weight excluding hydrogens is 204 g/mol. The maximum Gasteiger partial charge on any atom is 0.242 e. The Morgan fingerprint density at radius 3 is 2.67 bits per heavy atom. The van der Waals surface area contributed by atoms with Gasteiger partial charge in [0.2, 0.25) is 8.32 Å². The van der Waals surface area contributed by atoms with Crippen LogP contribution in [0.5, 0.6) is 5.75 Å². The summed E-state index contributed by atoms with van der Waals surface area (Å²) in [6.45, 7) is 7.17. The number of para-hydroxylation sites is 1. The van der Waals surface area contributed by atoms with Crippen molar-refractivity contribution in [2.24, 2.45) is 0 Å². The topological polar surface area (TPSA) is 18.5 Å². The molecule has 1 aromatic rings. The molecule has 0 aromatic heterocycles. The van der Waals surface area contributed by atoms with Gasteiger partial charge in [0.1, 0.15) is 18.1 Å². The lowest BCUT2D eigenvalue weighted by Crippen LogP contribution is -2.25. The molecule has 0 atom stereocenters. The average molecular weight is 220 g/mol. The van der Waals surface area contributed by atoms with Crippen molar-refractivity contribution < 1.29 is 9.16 Å². The van der Waals surface area contributed by atoms with Gasteiger partial charge in [0.15, 0.2) is 0 Å². The number of ether oxygens (including phenoxy) is 1. The standard InChI is InChI=1S/C12H16O2Si/c1-15(2,3)14-12-8-9-13-11-7-5-4-6-10(11)12/h4-8H,9H2,1-3H3. The van der Waals surface area contributed by atoms with Crippen LogP contribution in [0.25, 0.3) is 5.76 Å².